The number of rotatable bonds is 5. The highest BCUT2D eigenvalue weighted by atomic mass is 32.2. The van der Waals surface area contributed by atoms with Crippen LogP contribution in [0.3, 0.4) is 0 Å². The number of nitro benzene ring substituents is 1. The van der Waals surface area contributed by atoms with Gasteiger partial charge in [-0.3, -0.25) is 10.1 Å². The Morgan fingerprint density at radius 3 is 2.33 bits per heavy atom. The number of nitrogens with two attached hydrogens (primary N) is 1. The Bertz CT molecular complexity index is 650. The van der Waals surface area contributed by atoms with Crippen molar-refractivity contribution in [1.29, 1.82) is 0 Å². The van der Waals surface area contributed by atoms with Gasteiger partial charge in [-0.05, 0) is 20.3 Å². The predicted octanol–water partition coefficient (Wildman–Crippen LogP) is 2.13. The van der Waals surface area contributed by atoms with Gasteiger partial charge in [0.2, 0.25) is 10.0 Å². The smallest absolute Gasteiger partial charge is 0.274 e. The third-order valence-corrected chi connectivity index (χ3v) is 5.77. The van der Waals surface area contributed by atoms with Crippen LogP contribution >= 0.6 is 0 Å². The van der Waals surface area contributed by atoms with E-state index in [9.17, 15) is 22.9 Å². The molecular weight excluding hydrogens is 301 g/mol. The van der Waals surface area contributed by atoms with Crippen molar-refractivity contribution in [3.8, 4) is 0 Å². The van der Waals surface area contributed by atoms with E-state index >= 15 is 0 Å². The number of halogens is 1. The van der Waals surface area contributed by atoms with E-state index in [1.165, 1.54) is 7.05 Å². The minimum atomic E-state index is -4.20. The fraction of sp³-hybridized carbons (Fsp3) is 0.500. The number of benzene rings is 1. The summed E-state index contributed by atoms with van der Waals surface area (Å²) in [5.74, 6) is -1.24. The van der Waals surface area contributed by atoms with Crippen molar-refractivity contribution in [2.24, 2.45) is 0 Å². The molecule has 0 atom stereocenters. The summed E-state index contributed by atoms with van der Waals surface area (Å²) in [6.07, 6.45) is 0.497. The lowest BCUT2D eigenvalue weighted by molar-refractivity contribution is -0.385. The lowest BCUT2D eigenvalue weighted by atomic mass is 10.0. The number of nitro groups is 1. The SMILES string of the molecule is CCC(C)(C)N(C)S(=O)(=O)c1c(N)cc([N+](=O)[O-])cc1F. The molecule has 0 aromatic heterocycles. The van der Waals surface area contributed by atoms with Crippen LogP contribution in [0.15, 0.2) is 17.0 Å². The second-order valence-corrected chi connectivity index (χ2v) is 7.15. The summed E-state index contributed by atoms with van der Waals surface area (Å²) in [7, 11) is -2.88. The molecule has 21 heavy (non-hydrogen) atoms. The highest BCUT2D eigenvalue weighted by Gasteiger charge is 2.36. The van der Waals surface area contributed by atoms with E-state index in [2.05, 4.69) is 0 Å². The summed E-state index contributed by atoms with van der Waals surface area (Å²) in [5.41, 5.74) is 3.69. The molecule has 0 saturated carbocycles. The molecular formula is C12H18FN3O4S. The van der Waals surface area contributed by atoms with Crippen molar-refractivity contribution in [2.45, 2.75) is 37.6 Å². The fourth-order valence-electron chi connectivity index (χ4n) is 1.66. The first kappa shape index (κ1) is 17.3. The number of hydrogen-bond donors (Lipinski definition) is 1. The first-order valence-corrected chi connectivity index (χ1v) is 7.61. The van der Waals surface area contributed by atoms with Gasteiger partial charge in [0.25, 0.3) is 5.69 Å². The molecule has 0 aliphatic rings. The van der Waals surface area contributed by atoms with Crippen LogP contribution in [0.25, 0.3) is 0 Å². The van der Waals surface area contributed by atoms with Crippen LogP contribution < -0.4 is 5.73 Å². The molecule has 0 bridgehead atoms. The van der Waals surface area contributed by atoms with Crippen molar-refractivity contribution >= 4 is 21.4 Å². The van der Waals surface area contributed by atoms with Crippen molar-refractivity contribution in [3.05, 3.63) is 28.1 Å². The number of non-ortho nitro benzene ring substituents is 1. The lowest BCUT2D eigenvalue weighted by Gasteiger charge is -2.33. The van der Waals surface area contributed by atoms with Gasteiger partial charge in [0.1, 0.15) is 4.90 Å². The van der Waals surface area contributed by atoms with E-state index in [-0.39, 0.29) is 0 Å². The first-order chi connectivity index (χ1) is 9.45. The molecule has 0 fully saturated rings. The largest absolute Gasteiger partial charge is 0.397 e. The quantitative estimate of drug-likeness (QED) is 0.508. The zero-order chi connectivity index (χ0) is 16.6. The number of nitrogens with zero attached hydrogens (tertiary/aromatic N) is 2. The van der Waals surface area contributed by atoms with Crippen LogP contribution in [0.2, 0.25) is 0 Å². The molecule has 0 amide bonds. The number of nitrogen functional groups attached to an aromatic ring is 1. The standard InChI is InChI=1S/C12H18FN3O4S/c1-5-12(2,3)15(4)21(19,20)11-9(13)6-8(16(17)18)7-10(11)14/h6-7H,5,14H2,1-4H3. The maximum Gasteiger partial charge on any atom is 0.274 e. The van der Waals surface area contributed by atoms with Gasteiger partial charge in [-0.2, -0.15) is 4.31 Å². The molecule has 118 valence electrons. The van der Waals surface area contributed by atoms with Gasteiger partial charge in [0.15, 0.2) is 5.82 Å². The van der Waals surface area contributed by atoms with E-state index in [0.717, 1.165) is 10.4 Å². The van der Waals surface area contributed by atoms with E-state index in [1.807, 2.05) is 0 Å². The maximum absolute atomic E-state index is 14.0. The Morgan fingerprint density at radius 2 is 1.95 bits per heavy atom. The van der Waals surface area contributed by atoms with Crippen LogP contribution in [0.4, 0.5) is 15.8 Å². The zero-order valence-electron chi connectivity index (χ0n) is 12.3. The molecule has 0 unspecified atom stereocenters. The molecule has 1 aromatic carbocycles. The van der Waals surface area contributed by atoms with E-state index in [0.29, 0.717) is 12.5 Å². The Morgan fingerprint density at radius 1 is 1.43 bits per heavy atom. The molecule has 0 radical (unpaired) electrons. The average molecular weight is 319 g/mol. The van der Waals surface area contributed by atoms with Gasteiger partial charge in [-0.1, -0.05) is 6.92 Å². The Hall–Kier alpha value is -1.74. The molecule has 0 aliphatic heterocycles. The third kappa shape index (κ3) is 3.13. The zero-order valence-corrected chi connectivity index (χ0v) is 13.1. The lowest BCUT2D eigenvalue weighted by Crippen LogP contribution is -2.44. The molecule has 9 heteroatoms. The van der Waals surface area contributed by atoms with E-state index < -0.39 is 42.6 Å². The normalized spacial score (nSPS) is 12.7. The van der Waals surface area contributed by atoms with Crippen LogP contribution in [-0.4, -0.2) is 30.2 Å². The van der Waals surface area contributed by atoms with Crippen molar-refractivity contribution < 1.29 is 17.7 Å². The number of sulfonamides is 1. The van der Waals surface area contributed by atoms with Gasteiger partial charge >= 0.3 is 0 Å². The average Bonchev–Trinajstić information content (AvgIpc) is 2.36. The second kappa shape index (κ2) is 5.57. The Balaban J connectivity index is 3.50. The van der Waals surface area contributed by atoms with Gasteiger partial charge < -0.3 is 5.73 Å². The first-order valence-electron chi connectivity index (χ1n) is 6.17. The summed E-state index contributed by atoms with van der Waals surface area (Å²) < 4.78 is 40.0. The van der Waals surface area contributed by atoms with Crippen molar-refractivity contribution in [2.75, 3.05) is 12.8 Å². The maximum atomic E-state index is 14.0. The molecule has 2 N–H and O–H groups in total. The van der Waals surface area contributed by atoms with Gasteiger partial charge in [-0.25, -0.2) is 12.8 Å². The highest BCUT2D eigenvalue weighted by Crippen LogP contribution is 2.32. The molecule has 0 spiro atoms. The van der Waals surface area contributed by atoms with Gasteiger partial charge in [0, 0.05) is 18.7 Å². The monoisotopic (exact) mass is 319 g/mol. The number of hydrogen-bond acceptors (Lipinski definition) is 5. The molecule has 1 rings (SSSR count). The van der Waals surface area contributed by atoms with Gasteiger partial charge in [0.05, 0.1) is 16.7 Å². The molecule has 7 nitrogen and oxygen atoms in total. The Labute approximate surface area is 122 Å². The summed E-state index contributed by atoms with van der Waals surface area (Å²) in [6.45, 7) is 5.16. The third-order valence-electron chi connectivity index (χ3n) is 3.60. The second-order valence-electron chi connectivity index (χ2n) is 5.24. The molecule has 0 saturated heterocycles. The van der Waals surface area contributed by atoms with Gasteiger partial charge in [-0.15, -0.1) is 0 Å². The van der Waals surface area contributed by atoms with E-state index in [1.54, 1.807) is 20.8 Å². The predicted molar refractivity (Wildman–Crippen MR) is 76.8 cm³/mol. The molecule has 1 aromatic rings. The van der Waals surface area contributed by atoms with Crippen LogP contribution in [0, 0.1) is 15.9 Å². The van der Waals surface area contributed by atoms with Crippen LogP contribution in [-0.2, 0) is 10.0 Å². The van der Waals surface area contributed by atoms with Crippen LogP contribution in [0.5, 0.6) is 0 Å². The van der Waals surface area contributed by atoms with Crippen molar-refractivity contribution in [1.82, 2.24) is 4.31 Å². The minimum Gasteiger partial charge on any atom is -0.397 e. The highest BCUT2D eigenvalue weighted by molar-refractivity contribution is 7.89. The number of anilines is 1. The summed E-state index contributed by atoms with van der Waals surface area (Å²) in [6, 6.07) is 1.39. The van der Waals surface area contributed by atoms with Crippen molar-refractivity contribution in [3.63, 3.8) is 0 Å². The fourth-order valence-corrected chi connectivity index (χ4v) is 3.38. The summed E-state index contributed by atoms with van der Waals surface area (Å²) in [4.78, 5) is 9.05. The topological polar surface area (TPSA) is 107 Å². The minimum absolute atomic E-state index is 0.486. The summed E-state index contributed by atoms with van der Waals surface area (Å²) in [5, 5.41) is 10.6. The molecule has 0 heterocycles. The van der Waals surface area contributed by atoms with E-state index in [4.69, 9.17) is 5.73 Å². The molecule has 0 aliphatic carbocycles. The summed E-state index contributed by atoms with van der Waals surface area (Å²) >= 11 is 0. The van der Waals surface area contributed by atoms with Crippen LogP contribution in [0.1, 0.15) is 27.2 Å². The Kier molecular flexibility index (Phi) is 4.59.